The summed E-state index contributed by atoms with van der Waals surface area (Å²) in [7, 11) is 0. The molecule has 29 heavy (non-hydrogen) atoms. The lowest BCUT2D eigenvalue weighted by molar-refractivity contribution is 0.0746. The van der Waals surface area contributed by atoms with Crippen LogP contribution in [0.5, 0.6) is 0 Å². The Bertz CT molecular complexity index is 1000. The van der Waals surface area contributed by atoms with Crippen LogP contribution in [0.3, 0.4) is 0 Å². The van der Waals surface area contributed by atoms with Gasteiger partial charge in [0.1, 0.15) is 0 Å². The van der Waals surface area contributed by atoms with Crippen LogP contribution in [-0.2, 0) is 0 Å². The van der Waals surface area contributed by atoms with E-state index in [1.807, 2.05) is 35.2 Å². The second kappa shape index (κ2) is 8.54. The van der Waals surface area contributed by atoms with Gasteiger partial charge in [-0.2, -0.15) is 0 Å². The molecule has 1 amide bonds. The van der Waals surface area contributed by atoms with Crippen molar-refractivity contribution in [2.75, 3.05) is 31.1 Å². The summed E-state index contributed by atoms with van der Waals surface area (Å²) < 4.78 is 1.04. The molecule has 0 unspecified atom stereocenters. The van der Waals surface area contributed by atoms with Gasteiger partial charge in [0.15, 0.2) is 5.13 Å². The number of hydrogen-bond donors (Lipinski definition) is 0. The van der Waals surface area contributed by atoms with Gasteiger partial charge in [-0.05, 0) is 36.8 Å². The Labute approximate surface area is 184 Å². The Balaban J connectivity index is 1.45. The molecule has 152 valence electrons. The van der Waals surface area contributed by atoms with E-state index >= 15 is 0 Å². The van der Waals surface area contributed by atoms with E-state index in [-0.39, 0.29) is 5.91 Å². The molecule has 1 aliphatic rings. The fourth-order valence-electron chi connectivity index (χ4n) is 3.48. The van der Waals surface area contributed by atoms with Crippen molar-refractivity contribution >= 4 is 56.0 Å². The summed E-state index contributed by atoms with van der Waals surface area (Å²) in [6, 6.07) is 11.9. The summed E-state index contributed by atoms with van der Waals surface area (Å²) in [6.07, 6.45) is 0. The van der Waals surface area contributed by atoms with Crippen molar-refractivity contribution < 1.29 is 4.79 Å². The molecule has 1 saturated heterocycles. The molecule has 0 spiro atoms. The average Bonchev–Trinajstić information content (AvgIpc) is 3.17. The normalized spacial score (nSPS) is 14.8. The van der Waals surface area contributed by atoms with E-state index in [0.717, 1.165) is 49.5 Å². The largest absolute Gasteiger partial charge is 0.345 e. The number of carbonyl (C=O) groups is 1. The molecule has 0 N–H and O–H groups in total. The van der Waals surface area contributed by atoms with Crippen molar-refractivity contribution in [3.8, 4) is 0 Å². The van der Waals surface area contributed by atoms with Crippen molar-refractivity contribution in [3.63, 3.8) is 0 Å². The number of amides is 1. The molecular weight excluding hydrogens is 422 g/mol. The minimum atomic E-state index is 0.110. The summed E-state index contributed by atoms with van der Waals surface area (Å²) in [5.74, 6) is 0.110. The third kappa shape index (κ3) is 4.39. The van der Waals surface area contributed by atoms with Crippen LogP contribution in [-0.4, -0.2) is 47.2 Å². The zero-order chi connectivity index (χ0) is 20.5. The number of anilines is 1. The lowest BCUT2D eigenvalue weighted by atomic mass is 10.2. The zero-order valence-electron chi connectivity index (χ0n) is 16.8. The molecule has 0 radical (unpaired) electrons. The second-order valence-corrected chi connectivity index (χ2v) is 10.5. The number of hydrogen-bond acceptors (Lipinski definition) is 5. The number of aromatic nitrogens is 1. The molecule has 4 nitrogen and oxygen atoms in total. The molecule has 1 fully saturated rings. The maximum absolute atomic E-state index is 13.0. The lowest BCUT2D eigenvalue weighted by Gasteiger charge is -2.34. The highest BCUT2D eigenvalue weighted by Gasteiger charge is 2.24. The van der Waals surface area contributed by atoms with Crippen LogP contribution in [0.2, 0.25) is 5.02 Å². The molecule has 0 aliphatic carbocycles. The van der Waals surface area contributed by atoms with Crippen LogP contribution in [0.15, 0.2) is 41.3 Å². The van der Waals surface area contributed by atoms with Gasteiger partial charge in [0.25, 0.3) is 5.91 Å². The van der Waals surface area contributed by atoms with Crippen LogP contribution >= 0.6 is 34.7 Å². The highest BCUT2D eigenvalue weighted by atomic mass is 35.5. The summed E-state index contributed by atoms with van der Waals surface area (Å²) in [5.41, 5.74) is 2.89. The van der Waals surface area contributed by atoms with E-state index in [1.54, 1.807) is 23.1 Å². The predicted octanol–water partition coefficient (Wildman–Crippen LogP) is 5.72. The predicted molar refractivity (Wildman–Crippen MR) is 125 cm³/mol. The van der Waals surface area contributed by atoms with E-state index in [1.165, 1.54) is 0 Å². The van der Waals surface area contributed by atoms with Crippen molar-refractivity contribution in [2.45, 2.75) is 30.9 Å². The van der Waals surface area contributed by atoms with Gasteiger partial charge in [-0.1, -0.05) is 48.9 Å². The van der Waals surface area contributed by atoms with Crippen molar-refractivity contribution in [2.24, 2.45) is 0 Å². The first-order valence-electron chi connectivity index (χ1n) is 9.79. The number of rotatable bonds is 4. The van der Waals surface area contributed by atoms with Crippen LogP contribution in [0, 0.1) is 6.92 Å². The molecule has 0 atom stereocenters. The van der Waals surface area contributed by atoms with Crippen LogP contribution in [0.25, 0.3) is 10.2 Å². The Hall–Kier alpha value is -1.76. The molecule has 2 heterocycles. The molecule has 0 bridgehead atoms. The Kier molecular flexibility index (Phi) is 6.04. The first kappa shape index (κ1) is 20.5. The number of benzene rings is 2. The quantitative estimate of drug-likeness (QED) is 0.481. The molecule has 2 aromatic carbocycles. The lowest BCUT2D eigenvalue weighted by Crippen LogP contribution is -2.48. The molecule has 4 rings (SSSR count). The summed E-state index contributed by atoms with van der Waals surface area (Å²) in [4.78, 5) is 23.1. The number of halogens is 1. The maximum atomic E-state index is 13.0. The van der Waals surface area contributed by atoms with Crippen molar-refractivity contribution in [3.05, 3.63) is 52.5 Å². The van der Waals surface area contributed by atoms with Gasteiger partial charge in [0.05, 0.1) is 15.2 Å². The topological polar surface area (TPSA) is 36.4 Å². The van der Waals surface area contributed by atoms with Gasteiger partial charge < -0.3 is 9.80 Å². The summed E-state index contributed by atoms with van der Waals surface area (Å²) in [6.45, 7) is 9.34. The number of piperazine rings is 1. The monoisotopic (exact) mass is 445 g/mol. The third-order valence-corrected chi connectivity index (χ3v) is 7.55. The Morgan fingerprint density at radius 2 is 1.93 bits per heavy atom. The summed E-state index contributed by atoms with van der Waals surface area (Å²) in [5, 5.41) is 2.23. The standard InChI is InChI=1S/C22H24ClN3OS2/c1-14(2)28-17-6-4-5-16(13-17)21(27)25-9-11-26(12-10-25)22-24-19-15(3)7-8-18(23)20(19)29-22/h4-8,13-14H,9-12H2,1-3H3. The number of thiazole rings is 1. The Morgan fingerprint density at radius 1 is 1.17 bits per heavy atom. The van der Waals surface area contributed by atoms with E-state index in [4.69, 9.17) is 16.6 Å². The van der Waals surface area contributed by atoms with Gasteiger partial charge in [-0.15, -0.1) is 11.8 Å². The Morgan fingerprint density at radius 3 is 2.62 bits per heavy atom. The highest BCUT2D eigenvalue weighted by Crippen LogP contribution is 2.36. The minimum absolute atomic E-state index is 0.110. The SMILES string of the molecule is Cc1ccc(Cl)c2sc(N3CCN(C(=O)c4cccc(SC(C)C)c4)CC3)nc12. The molecule has 0 saturated carbocycles. The van der Waals surface area contributed by atoms with Gasteiger partial charge in [0.2, 0.25) is 0 Å². The number of nitrogens with zero attached hydrogens (tertiary/aromatic N) is 3. The first-order chi connectivity index (χ1) is 13.9. The smallest absolute Gasteiger partial charge is 0.254 e. The summed E-state index contributed by atoms with van der Waals surface area (Å²) >= 11 is 9.77. The maximum Gasteiger partial charge on any atom is 0.254 e. The van der Waals surface area contributed by atoms with Crippen LogP contribution in [0.4, 0.5) is 5.13 Å². The molecule has 3 aromatic rings. The first-order valence-corrected chi connectivity index (χ1v) is 11.9. The van der Waals surface area contributed by atoms with Crippen molar-refractivity contribution in [1.29, 1.82) is 0 Å². The third-order valence-electron chi connectivity index (χ3n) is 4.98. The van der Waals surface area contributed by atoms with Crippen molar-refractivity contribution in [1.82, 2.24) is 9.88 Å². The van der Waals surface area contributed by atoms with E-state index in [0.29, 0.717) is 18.3 Å². The minimum Gasteiger partial charge on any atom is -0.345 e. The average molecular weight is 446 g/mol. The van der Waals surface area contributed by atoms with Gasteiger partial charge >= 0.3 is 0 Å². The van der Waals surface area contributed by atoms with Gasteiger partial charge in [0, 0.05) is 41.9 Å². The van der Waals surface area contributed by atoms with Crippen LogP contribution in [0.1, 0.15) is 29.8 Å². The van der Waals surface area contributed by atoms with Crippen LogP contribution < -0.4 is 4.90 Å². The highest BCUT2D eigenvalue weighted by molar-refractivity contribution is 7.99. The molecular formula is C22H24ClN3OS2. The fraction of sp³-hybridized carbons (Fsp3) is 0.364. The van der Waals surface area contributed by atoms with E-state index in [9.17, 15) is 4.79 Å². The number of carbonyl (C=O) groups excluding carboxylic acids is 1. The van der Waals surface area contributed by atoms with E-state index < -0.39 is 0 Å². The number of fused-ring (bicyclic) bond motifs is 1. The number of thioether (sulfide) groups is 1. The molecule has 1 aromatic heterocycles. The second-order valence-electron chi connectivity index (χ2n) is 7.51. The zero-order valence-corrected chi connectivity index (χ0v) is 19.2. The molecule has 7 heteroatoms. The van der Waals surface area contributed by atoms with Gasteiger partial charge in [-0.25, -0.2) is 4.98 Å². The number of aryl methyl sites for hydroxylation is 1. The van der Waals surface area contributed by atoms with E-state index in [2.05, 4.69) is 31.7 Å². The molecule has 1 aliphatic heterocycles. The fourth-order valence-corrected chi connectivity index (χ4v) is 5.75. The van der Waals surface area contributed by atoms with Gasteiger partial charge in [-0.3, -0.25) is 4.79 Å².